The SMILES string of the molecule is Cc1ccc(N(c2ccc(C)cc2)c2ccc(-c3ccc(N(c4ccccc4)c4ccc(-c5ccc(N(c6ccc(C)cc6)c6ccc(C)cc6)cc5)cc4)cc3)cc2)cc1.Cc1cccc(N(c2ccc(-c3ccc(N(c4ccccc4)c4ccc(-c5ccc(N(c6cccc(C)c6)c6cccc(C)c6)cc5)cc4)cc3)cc2)c2cccc(C)c2)c1. The van der Waals surface area contributed by atoms with E-state index in [1.165, 1.54) is 89.0 Å². The lowest BCUT2D eigenvalue weighted by atomic mass is 10.0. The topological polar surface area (TPSA) is 19.4 Å². The molecule has 6 heteroatoms. The number of nitrogens with zero attached hydrogens (tertiary/aromatic N) is 6. The first-order chi connectivity index (χ1) is 59.7. The summed E-state index contributed by atoms with van der Waals surface area (Å²) < 4.78 is 0. The Hall–Kier alpha value is -15.2. The molecule has 0 aromatic heterocycles. The van der Waals surface area contributed by atoms with Crippen molar-refractivity contribution in [2.45, 2.75) is 55.4 Å². The zero-order valence-electron chi connectivity index (χ0n) is 70.4. The molecule has 0 atom stereocenters. The minimum atomic E-state index is 1.10. The first-order valence-corrected chi connectivity index (χ1v) is 42.0. The van der Waals surface area contributed by atoms with Gasteiger partial charge in [0.1, 0.15) is 0 Å². The maximum Gasteiger partial charge on any atom is 0.0464 e. The molecule has 0 N–H and O–H groups in total. The normalized spacial score (nSPS) is 11.0. The van der Waals surface area contributed by atoms with Crippen LogP contribution < -0.4 is 29.4 Å². The van der Waals surface area contributed by atoms with Gasteiger partial charge >= 0.3 is 0 Å². The number of aryl methyl sites for hydroxylation is 8. The van der Waals surface area contributed by atoms with Gasteiger partial charge in [0.15, 0.2) is 0 Å². The fraction of sp³-hybridized carbons (Fsp3) is 0.0690. The van der Waals surface area contributed by atoms with Crippen LogP contribution in [0.2, 0.25) is 0 Å². The molecule has 0 fully saturated rings. The summed E-state index contributed by atoms with van der Waals surface area (Å²) in [6, 6.07) is 162. The average molecular weight is 1580 g/mol. The zero-order valence-corrected chi connectivity index (χ0v) is 70.4. The van der Waals surface area contributed by atoms with Gasteiger partial charge in [-0.15, -0.1) is 0 Å². The second kappa shape index (κ2) is 36.3. The fourth-order valence-electron chi connectivity index (χ4n) is 16.1. The summed E-state index contributed by atoms with van der Waals surface area (Å²) in [4.78, 5) is 13.9. The van der Waals surface area contributed by atoms with Crippen molar-refractivity contribution < 1.29 is 0 Å². The number of hydrogen-bond acceptors (Lipinski definition) is 6. The summed E-state index contributed by atoms with van der Waals surface area (Å²) in [6.45, 7) is 17.1. The molecule has 0 unspecified atom stereocenters. The van der Waals surface area contributed by atoms with Crippen LogP contribution in [-0.2, 0) is 0 Å². The van der Waals surface area contributed by atoms with E-state index in [9.17, 15) is 0 Å². The smallest absolute Gasteiger partial charge is 0.0464 e. The van der Waals surface area contributed by atoms with E-state index >= 15 is 0 Å². The highest BCUT2D eigenvalue weighted by Crippen LogP contribution is 2.45. The molecular weight excluding hydrogens is 1480 g/mol. The van der Waals surface area contributed by atoms with Gasteiger partial charge in [-0.3, -0.25) is 0 Å². The summed E-state index contributed by atoms with van der Waals surface area (Å²) in [6.07, 6.45) is 0. The molecule has 0 aliphatic carbocycles. The molecule has 0 bridgehead atoms. The Bertz CT molecular complexity index is 5950. The van der Waals surface area contributed by atoms with Crippen LogP contribution in [0.15, 0.2) is 449 Å². The van der Waals surface area contributed by atoms with E-state index in [0.29, 0.717) is 0 Å². The molecule has 18 aromatic carbocycles. The molecule has 18 rings (SSSR count). The Balaban J connectivity index is 0.000000173. The second-order valence-electron chi connectivity index (χ2n) is 31.8. The molecule has 0 spiro atoms. The molecule has 0 saturated heterocycles. The summed E-state index contributed by atoms with van der Waals surface area (Å²) >= 11 is 0. The van der Waals surface area contributed by atoms with Crippen molar-refractivity contribution in [2.24, 2.45) is 0 Å². The van der Waals surface area contributed by atoms with Crippen molar-refractivity contribution >= 4 is 102 Å². The Morgan fingerprint density at radius 1 is 0.0984 bits per heavy atom. The summed E-state index contributed by atoms with van der Waals surface area (Å²) in [5, 5.41) is 0. The van der Waals surface area contributed by atoms with Crippen molar-refractivity contribution in [3.05, 3.63) is 493 Å². The number of rotatable bonds is 22. The van der Waals surface area contributed by atoms with Crippen molar-refractivity contribution in [2.75, 3.05) is 29.4 Å². The van der Waals surface area contributed by atoms with Gasteiger partial charge in [0.05, 0.1) is 0 Å². The van der Waals surface area contributed by atoms with Crippen LogP contribution in [0.5, 0.6) is 0 Å². The molecule has 18 aromatic rings. The Kier molecular flexibility index (Phi) is 23.6. The minimum Gasteiger partial charge on any atom is -0.311 e. The van der Waals surface area contributed by atoms with E-state index in [4.69, 9.17) is 0 Å². The third kappa shape index (κ3) is 18.2. The Labute approximate surface area is 720 Å². The minimum absolute atomic E-state index is 1.10. The lowest BCUT2D eigenvalue weighted by Gasteiger charge is -2.27. The number of benzene rings is 18. The first-order valence-electron chi connectivity index (χ1n) is 42.0. The van der Waals surface area contributed by atoms with Crippen LogP contribution in [0.3, 0.4) is 0 Å². The van der Waals surface area contributed by atoms with Crippen LogP contribution in [-0.4, -0.2) is 0 Å². The maximum atomic E-state index is 2.33. The average Bonchev–Trinajstić information content (AvgIpc) is 0.776. The molecule has 6 nitrogen and oxygen atoms in total. The van der Waals surface area contributed by atoms with Crippen LogP contribution in [0.4, 0.5) is 102 Å². The standard InChI is InChI=1S/2C58H49N3/c1-42-12-8-18-55(38-42)60(56-19-9-13-43(2)39-56)53-34-26-48(27-35-53)46-22-30-51(31-23-46)59(50-16-6-5-7-17-50)52-32-24-47(25-33-52)49-28-36-54(37-29-49)61(57-20-10-14-44(3)40-57)58-21-11-15-45(4)41-58;1-42-10-26-51(27-11-42)60(52-28-12-43(2)13-29-52)57-38-22-48(23-39-57)46-18-34-55(35-19-46)59(50-8-6-5-7-9-50)56-36-20-47(21-37-56)49-24-40-58(41-25-49)61(53-30-14-44(3)15-31-53)54-32-16-45(4)17-33-54/h2*5-41H,1-4H3. The van der Waals surface area contributed by atoms with Gasteiger partial charge in [-0.25, -0.2) is 0 Å². The van der Waals surface area contributed by atoms with E-state index < -0.39 is 0 Å². The van der Waals surface area contributed by atoms with Crippen molar-refractivity contribution in [1.82, 2.24) is 0 Å². The molecule has 0 aliphatic rings. The number of para-hydroxylation sites is 2. The summed E-state index contributed by atoms with van der Waals surface area (Å²) in [5.41, 5.74) is 39.5. The van der Waals surface area contributed by atoms with Gasteiger partial charge in [-0.1, -0.05) is 253 Å². The van der Waals surface area contributed by atoms with Gasteiger partial charge < -0.3 is 29.4 Å². The molecule has 0 radical (unpaired) electrons. The second-order valence-corrected chi connectivity index (χ2v) is 31.8. The first kappa shape index (κ1) is 79.2. The lowest BCUT2D eigenvalue weighted by Crippen LogP contribution is -2.10. The van der Waals surface area contributed by atoms with Gasteiger partial charge in [-0.2, -0.15) is 0 Å². The molecule has 592 valence electrons. The summed E-state index contributed by atoms with van der Waals surface area (Å²) in [5.74, 6) is 0. The largest absolute Gasteiger partial charge is 0.311 e. The predicted molar refractivity (Wildman–Crippen MR) is 521 cm³/mol. The predicted octanol–water partition coefficient (Wildman–Crippen LogP) is 33.3. The van der Waals surface area contributed by atoms with Crippen molar-refractivity contribution in [3.8, 4) is 44.5 Å². The van der Waals surface area contributed by atoms with Gasteiger partial charge in [0, 0.05) is 102 Å². The van der Waals surface area contributed by atoms with E-state index in [1.54, 1.807) is 0 Å². The van der Waals surface area contributed by atoms with E-state index in [0.717, 1.165) is 102 Å². The highest BCUT2D eigenvalue weighted by atomic mass is 15.2. The lowest BCUT2D eigenvalue weighted by molar-refractivity contribution is 1.26. The molecule has 0 saturated carbocycles. The molecule has 0 amide bonds. The molecule has 122 heavy (non-hydrogen) atoms. The van der Waals surface area contributed by atoms with E-state index in [2.05, 4.69) is 534 Å². The van der Waals surface area contributed by atoms with Crippen LogP contribution in [0.1, 0.15) is 44.5 Å². The third-order valence-electron chi connectivity index (χ3n) is 22.6. The summed E-state index contributed by atoms with van der Waals surface area (Å²) in [7, 11) is 0. The van der Waals surface area contributed by atoms with Gasteiger partial charge in [-0.05, 0) is 341 Å². The fourth-order valence-corrected chi connectivity index (χ4v) is 16.1. The van der Waals surface area contributed by atoms with Crippen molar-refractivity contribution in [3.63, 3.8) is 0 Å². The Morgan fingerprint density at radius 2 is 0.221 bits per heavy atom. The number of anilines is 18. The Morgan fingerprint density at radius 3 is 0.369 bits per heavy atom. The van der Waals surface area contributed by atoms with E-state index in [1.807, 2.05) is 0 Å². The molecule has 0 aliphatic heterocycles. The van der Waals surface area contributed by atoms with Crippen LogP contribution in [0.25, 0.3) is 44.5 Å². The maximum absolute atomic E-state index is 2.33. The number of hydrogen-bond donors (Lipinski definition) is 0. The highest BCUT2D eigenvalue weighted by molar-refractivity contribution is 5.87. The van der Waals surface area contributed by atoms with Crippen LogP contribution >= 0.6 is 0 Å². The monoisotopic (exact) mass is 1570 g/mol. The quantitative estimate of drug-likeness (QED) is 0.0669. The van der Waals surface area contributed by atoms with Crippen LogP contribution in [0, 0.1) is 55.4 Å². The molecular formula is C116H98N6. The van der Waals surface area contributed by atoms with E-state index in [-0.39, 0.29) is 0 Å². The van der Waals surface area contributed by atoms with Gasteiger partial charge in [0.25, 0.3) is 0 Å². The van der Waals surface area contributed by atoms with Gasteiger partial charge in [0.2, 0.25) is 0 Å². The third-order valence-corrected chi connectivity index (χ3v) is 22.6. The molecule has 0 heterocycles. The highest BCUT2D eigenvalue weighted by Gasteiger charge is 2.21. The zero-order chi connectivity index (χ0) is 83.4. The van der Waals surface area contributed by atoms with Crippen molar-refractivity contribution in [1.29, 1.82) is 0 Å².